The fourth-order valence-corrected chi connectivity index (χ4v) is 0.844. The molecule has 1 N–H and O–H groups in total. The molecule has 3 heteroatoms. The summed E-state index contributed by atoms with van der Waals surface area (Å²) in [7, 11) is 2.02. The largest absolute Gasteiger partial charge is 0.288 e. The summed E-state index contributed by atoms with van der Waals surface area (Å²) >= 11 is 1.76. The zero-order chi connectivity index (χ0) is 4.41. The Morgan fingerprint density at radius 2 is 2.83 bits per heavy atom. The predicted molar refractivity (Wildman–Crippen MR) is 27.7 cm³/mol. The minimum Gasteiger partial charge on any atom is -0.288 e. The maximum atomic E-state index is 3.04. The summed E-state index contributed by atoms with van der Waals surface area (Å²) in [5, 5.41) is 3.04. The number of nitrogens with one attached hydrogen (secondary N) is 1. The lowest BCUT2D eigenvalue weighted by Gasteiger charge is -1.97. The van der Waals surface area contributed by atoms with Crippen LogP contribution < -0.4 is 5.32 Å². The Kier molecular flexibility index (Phi) is 1.34. The van der Waals surface area contributed by atoms with E-state index < -0.39 is 0 Å². The topological polar surface area (TPSA) is 15.3 Å². The maximum absolute atomic E-state index is 3.04. The van der Waals surface area contributed by atoms with E-state index >= 15 is 0 Å². The van der Waals surface area contributed by atoms with Crippen molar-refractivity contribution in [3.05, 3.63) is 6.67 Å². The molecule has 1 radical (unpaired) electrons. The summed E-state index contributed by atoms with van der Waals surface area (Å²) in [4.78, 5) is 0. The molecule has 6 heavy (non-hydrogen) atoms. The number of hydrogen-bond acceptors (Lipinski definition) is 3. The van der Waals surface area contributed by atoms with E-state index in [9.17, 15) is 0 Å². The van der Waals surface area contributed by atoms with Gasteiger partial charge >= 0.3 is 0 Å². The van der Waals surface area contributed by atoms with Crippen LogP contribution >= 0.6 is 11.9 Å². The highest BCUT2D eigenvalue weighted by molar-refractivity contribution is 7.97. The van der Waals surface area contributed by atoms with E-state index in [0.29, 0.717) is 0 Å². The van der Waals surface area contributed by atoms with Gasteiger partial charge in [-0.25, -0.2) is 4.31 Å². The van der Waals surface area contributed by atoms with Crippen LogP contribution in [0.1, 0.15) is 0 Å². The highest BCUT2D eigenvalue weighted by atomic mass is 32.2. The van der Waals surface area contributed by atoms with Gasteiger partial charge in [0.05, 0.1) is 12.5 Å². The van der Waals surface area contributed by atoms with Gasteiger partial charge in [0, 0.05) is 0 Å². The molecule has 1 heterocycles. The molecule has 2 nitrogen and oxygen atoms in total. The Hall–Kier alpha value is 0.270. The van der Waals surface area contributed by atoms with Gasteiger partial charge in [-0.1, -0.05) is 11.9 Å². The molecule has 1 aliphatic heterocycles. The first-order valence-electron chi connectivity index (χ1n) is 1.82. The molecule has 0 bridgehead atoms. The lowest BCUT2D eigenvalue weighted by Crippen LogP contribution is -2.05. The minimum absolute atomic E-state index is 1.02. The van der Waals surface area contributed by atoms with Crippen molar-refractivity contribution in [1.82, 2.24) is 9.62 Å². The van der Waals surface area contributed by atoms with Crippen LogP contribution in [0.5, 0.6) is 0 Å². The molecule has 1 fully saturated rings. The third-order valence-corrected chi connectivity index (χ3v) is 1.43. The summed E-state index contributed by atoms with van der Waals surface area (Å²) in [5.41, 5.74) is 0. The summed E-state index contributed by atoms with van der Waals surface area (Å²) in [6, 6.07) is 0. The number of nitrogens with zero attached hydrogens (tertiary/aromatic N) is 1. The maximum Gasteiger partial charge on any atom is 0.0999 e. The van der Waals surface area contributed by atoms with Gasteiger partial charge in [-0.15, -0.1) is 0 Å². The van der Waals surface area contributed by atoms with Gasteiger partial charge in [-0.3, -0.25) is 5.32 Å². The van der Waals surface area contributed by atoms with Gasteiger partial charge in [-0.05, 0) is 7.05 Å². The molecule has 35 valence electrons. The van der Waals surface area contributed by atoms with Gasteiger partial charge in [-0.2, -0.15) is 0 Å². The van der Waals surface area contributed by atoms with Crippen molar-refractivity contribution in [2.45, 2.75) is 0 Å². The molecule has 1 aliphatic rings. The third-order valence-electron chi connectivity index (χ3n) is 0.625. The first-order chi connectivity index (χ1) is 2.89. The van der Waals surface area contributed by atoms with E-state index in [1.807, 2.05) is 18.0 Å². The fraction of sp³-hybridized carbons (Fsp3) is 0.667. The van der Waals surface area contributed by atoms with Gasteiger partial charge in [0.2, 0.25) is 0 Å². The van der Waals surface area contributed by atoms with Crippen LogP contribution in [-0.2, 0) is 0 Å². The molecule has 0 aromatic carbocycles. The van der Waals surface area contributed by atoms with Crippen molar-refractivity contribution < 1.29 is 0 Å². The molecule has 0 atom stereocenters. The highest BCUT2D eigenvalue weighted by Gasteiger charge is 2.03. The van der Waals surface area contributed by atoms with E-state index in [2.05, 4.69) is 5.32 Å². The molecule has 0 aliphatic carbocycles. The second kappa shape index (κ2) is 1.82. The highest BCUT2D eigenvalue weighted by Crippen LogP contribution is 2.10. The summed E-state index contributed by atoms with van der Waals surface area (Å²) in [6.07, 6.45) is 0. The molecule has 0 aromatic heterocycles. The molecular formula is C3H7N2S. The van der Waals surface area contributed by atoms with Gasteiger partial charge < -0.3 is 0 Å². The van der Waals surface area contributed by atoms with Crippen LogP contribution in [-0.4, -0.2) is 17.2 Å². The normalized spacial score (nSPS) is 25.5. The van der Waals surface area contributed by atoms with E-state index in [-0.39, 0.29) is 0 Å². The lowest BCUT2D eigenvalue weighted by molar-refractivity contribution is 0.660. The summed E-state index contributed by atoms with van der Waals surface area (Å²) in [5.74, 6) is 1.02. The van der Waals surface area contributed by atoms with Crippen molar-refractivity contribution in [2.75, 3.05) is 12.9 Å². The Morgan fingerprint density at radius 3 is 3.00 bits per heavy atom. The Bertz CT molecular complexity index is 42.1. The summed E-state index contributed by atoms with van der Waals surface area (Å²) in [6.45, 7) is 1.95. The number of rotatable bonds is 0. The third kappa shape index (κ3) is 0.864. The number of hydrogen-bond donors (Lipinski definition) is 1. The average molecular weight is 103 g/mol. The van der Waals surface area contributed by atoms with Gasteiger partial charge in [0.1, 0.15) is 0 Å². The Balaban J connectivity index is 2.18. The first kappa shape index (κ1) is 4.43. The molecule has 0 aromatic rings. The molecule has 0 saturated carbocycles. The van der Waals surface area contributed by atoms with Crippen molar-refractivity contribution in [3.8, 4) is 0 Å². The Morgan fingerprint density at radius 1 is 2.00 bits per heavy atom. The van der Waals surface area contributed by atoms with Crippen LogP contribution in [0.25, 0.3) is 0 Å². The molecule has 1 saturated heterocycles. The zero-order valence-electron chi connectivity index (χ0n) is 3.64. The van der Waals surface area contributed by atoms with Crippen molar-refractivity contribution in [3.63, 3.8) is 0 Å². The second-order valence-electron chi connectivity index (χ2n) is 1.15. The quantitative estimate of drug-likeness (QED) is 0.442. The molecule has 0 spiro atoms. The van der Waals surface area contributed by atoms with Gasteiger partial charge in [0.15, 0.2) is 0 Å². The molecule has 0 amide bonds. The van der Waals surface area contributed by atoms with Crippen LogP contribution in [0.4, 0.5) is 0 Å². The van der Waals surface area contributed by atoms with E-state index in [1.54, 1.807) is 11.9 Å². The van der Waals surface area contributed by atoms with E-state index in [1.165, 1.54) is 0 Å². The van der Waals surface area contributed by atoms with Crippen molar-refractivity contribution in [2.24, 2.45) is 0 Å². The zero-order valence-corrected chi connectivity index (χ0v) is 4.46. The van der Waals surface area contributed by atoms with Crippen LogP contribution in [0.3, 0.4) is 0 Å². The monoisotopic (exact) mass is 103 g/mol. The summed E-state index contributed by atoms with van der Waals surface area (Å²) < 4.78 is 2.04. The van der Waals surface area contributed by atoms with E-state index in [0.717, 1.165) is 5.88 Å². The SMILES string of the molecule is CN1[CH]NCS1. The lowest BCUT2D eigenvalue weighted by atomic mass is 11.0. The van der Waals surface area contributed by atoms with Crippen LogP contribution in [0.2, 0.25) is 0 Å². The Labute approximate surface area is 42.0 Å². The van der Waals surface area contributed by atoms with Crippen molar-refractivity contribution in [1.29, 1.82) is 0 Å². The average Bonchev–Trinajstić information content (AvgIpc) is 1.86. The standard InChI is InChI=1S/C3H7N2S/c1-5-2-4-3-6-5/h2,4H,3H2,1H3. The second-order valence-corrected chi connectivity index (χ2v) is 2.28. The van der Waals surface area contributed by atoms with E-state index in [4.69, 9.17) is 0 Å². The van der Waals surface area contributed by atoms with Crippen LogP contribution in [0, 0.1) is 6.67 Å². The molecule has 1 rings (SSSR count). The smallest absolute Gasteiger partial charge is 0.0999 e. The van der Waals surface area contributed by atoms with Gasteiger partial charge in [0.25, 0.3) is 0 Å². The first-order valence-corrected chi connectivity index (χ1v) is 2.76. The molecule has 0 unspecified atom stereocenters. The van der Waals surface area contributed by atoms with Crippen LogP contribution in [0.15, 0.2) is 0 Å². The fourth-order valence-electron chi connectivity index (χ4n) is 0.342. The minimum atomic E-state index is 1.02. The van der Waals surface area contributed by atoms with Crippen molar-refractivity contribution >= 4 is 11.9 Å². The molecular weight excluding hydrogens is 96.1 g/mol. The predicted octanol–water partition coefficient (Wildman–Crippen LogP) is 0.246.